The molecule has 7 aromatic rings. The molecular formula is C103H157I2N5O21. The maximum atomic E-state index is 12.6. The minimum atomic E-state index is -1.78. The predicted molar refractivity (Wildman–Crippen MR) is 529 cm³/mol. The lowest BCUT2D eigenvalue weighted by atomic mass is 9.80. The molecular weight excluding hydrogens is 1900 g/mol. The Morgan fingerprint density at radius 1 is 0.534 bits per heavy atom. The Bertz CT molecular complexity index is 4640. The molecule has 0 saturated carbocycles. The van der Waals surface area contributed by atoms with Crippen molar-refractivity contribution in [3.63, 3.8) is 0 Å². The van der Waals surface area contributed by atoms with Crippen LogP contribution >= 0.6 is 22.6 Å². The largest absolute Gasteiger partial charge is 1.00 e. The number of phenolic OH excluding ortho intramolecular Hbond substituents is 4. The Morgan fingerprint density at radius 3 is 1.28 bits per heavy atom. The van der Waals surface area contributed by atoms with E-state index in [1.165, 1.54) is 69.1 Å². The number of carbonyl (C=O) groups is 5. The zero-order valence-corrected chi connectivity index (χ0v) is 85.9. The van der Waals surface area contributed by atoms with E-state index in [-0.39, 0.29) is 84.2 Å². The van der Waals surface area contributed by atoms with Gasteiger partial charge in [-0.2, -0.15) is 0 Å². The molecule has 0 aromatic heterocycles. The molecule has 0 aliphatic carbocycles. The number of alkyl halides is 1. The molecule has 0 amide bonds. The van der Waals surface area contributed by atoms with Crippen molar-refractivity contribution in [1.29, 1.82) is 0 Å². The fourth-order valence-corrected chi connectivity index (χ4v) is 14.2. The van der Waals surface area contributed by atoms with Crippen molar-refractivity contribution in [3.05, 3.63) is 165 Å². The lowest BCUT2D eigenvalue weighted by Gasteiger charge is -2.43. The van der Waals surface area contributed by atoms with Crippen LogP contribution in [0.4, 0.5) is 0 Å². The molecule has 1 fully saturated rings. The number of hydrogen-bond acceptors (Lipinski definition) is 25. The lowest BCUT2D eigenvalue weighted by molar-refractivity contribution is -0.872. The highest BCUT2D eigenvalue weighted by Crippen LogP contribution is 2.43. The number of ketones is 2. The Kier molecular flexibility index (Phi) is 57.0. The van der Waals surface area contributed by atoms with Crippen molar-refractivity contribution >= 4 is 58.6 Å². The number of nitrogens with two attached hydrogens (primary N) is 2. The molecule has 28 heteroatoms. The summed E-state index contributed by atoms with van der Waals surface area (Å²) in [4.78, 5) is 62.1. The number of carbonyl (C=O) groups excluding carboxylic acids is 5. The highest BCUT2D eigenvalue weighted by Gasteiger charge is 2.39. The third-order valence-corrected chi connectivity index (χ3v) is 20.3. The van der Waals surface area contributed by atoms with E-state index in [0.717, 1.165) is 169 Å². The summed E-state index contributed by atoms with van der Waals surface area (Å²) >= 11 is 1.38. The van der Waals surface area contributed by atoms with E-state index < -0.39 is 16.1 Å². The Balaban J connectivity index is 0.00000151. The summed E-state index contributed by atoms with van der Waals surface area (Å²) in [6.45, 7) is 26.5. The van der Waals surface area contributed by atoms with Gasteiger partial charge in [0.15, 0.2) is 80.5 Å². The van der Waals surface area contributed by atoms with Crippen LogP contribution in [0.5, 0.6) is 80.5 Å². The number of aromatic hydroxyl groups is 4. The molecule has 3 aliphatic heterocycles. The number of rotatable bonds is 33. The first kappa shape index (κ1) is 116. The molecule has 8 N–H and O–H groups in total. The first-order valence-electron chi connectivity index (χ1n) is 45.3. The van der Waals surface area contributed by atoms with Crippen LogP contribution in [0.2, 0.25) is 0 Å². The fourth-order valence-electron chi connectivity index (χ4n) is 14.2. The Morgan fingerprint density at radius 2 is 0.908 bits per heavy atom. The molecule has 26 nitrogen and oxygen atoms in total. The van der Waals surface area contributed by atoms with Gasteiger partial charge in [-0.15, -0.1) is 0 Å². The number of hydrogen-bond donors (Lipinski definition) is 6. The second kappa shape index (κ2) is 64.5. The third kappa shape index (κ3) is 47.2. The Labute approximate surface area is 817 Å². The molecule has 3 unspecified atom stereocenters. The van der Waals surface area contributed by atoms with E-state index in [1.807, 2.05) is 114 Å². The fraction of sp³-hybridized carbons (Fsp3) is 0.534. The molecule has 3 heterocycles. The molecule has 0 spiro atoms. The summed E-state index contributed by atoms with van der Waals surface area (Å²) in [5.41, 5.74) is 20.1. The standard InChI is InChI=1S/C19H27NO3.C16H24O4.C14H20O4.C12H16O3.C11H13NO2.C11H24NO.C10H15NO2.C8H11NO2.CH3I.CH4.HI/c1-12(2)7-14-11-20-6-5-13-8-18(22-3)19(23-4)9-15(13)16(20)10-17(14)21;1-16(2,3)20-15(17)8-6-7-12-9-10-13(18-4)14(11-12)19-5;1-14(2,3)18-13(17)6-4-5-10-7-8-11(15)12(16)9-10;1-14-11-7-6-10(5-3-4-8-13)9-12(11)15-2;1-13-10-5-8-3-4-12-7-9(8)6-11(10)14-2;1-9(2)7-11(10(3)13)8-12(4,5)6;1-12-9-4-3-8(5-6-11)7-10(9)13-2;9-4-3-6-1-2-7(10)8(11)5-6;1-2;;/h8-9,12,14,16H,5-7,10-11H2,1-4H3;9-11H,6-8H2,1-5H3;7-9,15-16H,4-6H2,1-3H3;6-9H,3-5H2,1-2H3;5-7H,3-4H2,1-2H3;9,11H,7-8H2,1-6H3;3-4,7H,5-6,11H2,1-2H3;1-2,5,10-11H,3-4,9H2;1H3;1H4;1H/q;;;;;+1;;;;;/p-1/i;;;;;;;;1D3;;. The van der Waals surface area contributed by atoms with Gasteiger partial charge in [-0.25, -0.2) is 0 Å². The number of piperidine rings is 1. The summed E-state index contributed by atoms with van der Waals surface area (Å²) in [7, 11) is 22.7. The average molecular weight is 2060 g/mol. The van der Waals surface area contributed by atoms with Gasteiger partial charge in [-0.3, -0.25) is 29.1 Å². The van der Waals surface area contributed by atoms with Crippen molar-refractivity contribution < 1.29 is 134 Å². The van der Waals surface area contributed by atoms with Crippen LogP contribution in [-0.4, -0.2) is 213 Å². The number of quaternary nitrogens is 1. The Hall–Kier alpha value is -9.34. The van der Waals surface area contributed by atoms with Gasteiger partial charge in [0.2, 0.25) is 0 Å². The van der Waals surface area contributed by atoms with E-state index in [1.54, 1.807) is 90.2 Å². The number of Topliss-reactive ketones (excluding diaryl/α,β-unsaturated/α-hetero) is 2. The number of benzene rings is 7. The topological polar surface area (TPSA) is 345 Å². The van der Waals surface area contributed by atoms with Crippen LogP contribution < -0.4 is 82.8 Å². The van der Waals surface area contributed by atoms with Crippen LogP contribution in [0.25, 0.3) is 0 Å². The first-order valence-corrected chi connectivity index (χ1v) is 44.9. The van der Waals surface area contributed by atoms with Crippen LogP contribution in [-0.2, 0) is 78.4 Å². The number of fused-ring (bicyclic) bond motifs is 4. The molecule has 0 bridgehead atoms. The van der Waals surface area contributed by atoms with Crippen LogP contribution in [0.3, 0.4) is 0 Å². The van der Waals surface area contributed by atoms with Crippen molar-refractivity contribution in [1.82, 2.24) is 4.90 Å². The van der Waals surface area contributed by atoms with Gasteiger partial charge in [0.05, 0.1) is 105 Å². The number of halogens is 2. The maximum absolute atomic E-state index is 12.6. The number of nitrogens with zero attached hydrogens (tertiary/aromatic N) is 3. The highest BCUT2D eigenvalue weighted by molar-refractivity contribution is 14.1. The highest BCUT2D eigenvalue weighted by atomic mass is 127. The van der Waals surface area contributed by atoms with Crippen LogP contribution in [0.1, 0.15) is 202 Å². The minimum Gasteiger partial charge on any atom is -1.00 e. The van der Waals surface area contributed by atoms with E-state index in [9.17, 15) is 29.1 Å². The van der Waals surface area contributed by atoms with Crippen LogP contribution in [0.15, 0.2) is 120 Å². The number of unbranched alkanes of at least 4 members (excludes halogenated alkanes) is 1. The molecule has 0 radical (unpaired) electrons. The third-order valence-electron chi connectivity index (χ3n) is 20.3. The van der Waals surface area contributed by atoms with E-state index in [2.05, 4.69) is 70.9 Å². The van der Waals surface area contributed by atoms with Crippen LogP contribution in [0, 0.1) is 23.7 Å². The number of aldehydes is 1. The quantitative estimate of drug-likeness (QED) is 0.00423. The molecule has 10 rings (SSSR count). The average Bonchev–Trinajstić information content (AvgIpc) is 0.764. The summed E-state index contributed by atoms with van der Waals surface area (Å²) in [5.74, 6) is 9.05. The summed E-state index contributed by atoms with van der Waals surface area (Å²) < 4.78 is 82.5. The molecule has 3 aliphatic rings. The smallest absolute Gasteiger partial charge is 0.306 e. The molecule has 131 heavy (non-hydrogen) atoms. The summed E-state index contributed by atoms with van der Waals surface area (Å²) in [5, 5.41) is 36.4. The normalized spacial score (nSPS) is 13.8. The second-order valence-corrected chi connectivity index (χ2v) is 35.0. The van der Waals surface area contributed by atoms with Gasteiger partial charge >= 0.3 is 11.9 Å². The first-order chi connectivity index (χ1) is 62.1. The molecule has 1 saturated heterocycles. The lowest BCUT2D eigenvalue weighted by Crippen LogP contribution is -3.00. The van der Waals surface area contributed by atoms with Crippen molar-refractivity contribution in [2.45, 2.75) is 204 Å². The zero-order chi connectivity index (χ0) is 99.7. The van der Waals surface area contributed by atoms with Gasteiger partial charge in [0.1, 0.15) is 29.1 Å². The SMILES string of the molecule is C.CC(=O)C(CC(C)C)C[N+](C)(C)C.CC(C)(C)OC(=O)CCCc1ccc(O)c(O)c1.COc1cc2c(cc1OC)C1CC(=O)C(CC(C)C)CN1CC2.COc1cc2c(cc1OC)CCN=C2.COc1ccc(CCCC(=O)OC(C)(C)C)cc1OC.COc1ccc(CCCC=O)cc1OC.COc1ccc(CCN)cc1OC.NCCc1ccc(O)c(O)c1.[2H]C([2H])([2H])I.[I-]. The van der Waals surface area contributed by atoms with E-state index in [0.29, 0.717) is 92.9 Å². The number of esters is 2. The second-order valence-electron chi connectivity index (χ2n) is 35.0. The van der Waals surface area contributed by atoms with E-state index in [4.69, 9.17) is 87.7 Å². The molecule has 734 valence electrons. The summed E-state index contributed by atoms with van der Waals surface area (Å²) in [6.07, 6.45) is 15.1. The predicted octanol–water partition coefficient (Wildman–Crippen LogP) is 15.7. The number of aliphatic imine (C=N–C) groups is 1. The minimum absolute atomic E-state index is 0. The molecule has 7 aromatic carbocycles. The van der Waals surface area contributed by atoms with Crippen molar-refractivity contribution in [2.24, 2.45) is 40.1 Å². The zero-order valence-electron chi connectivity index (χ0n) is 84.5. The maximum Gasteiger partial charge on any atom is 0.306 e. The number of methoxy groups -OCH3 is 10. The van der Waals surface area contributed by atoms with Crippen molar-refractivity contribution in [2.75, 3.05) is 136 Å². The van der Waals surface area contributed by atoms with Gasteiger partial charge in [-0.05, 0) is 290 Å². The number of ether oxygens (including phenoxy) is 12. The van der Waals surface area contributed by atoms with Crippen molar-refractivity contribution in [3.8, 4) is 80.5 Å². The van der Waals surface area contributed by atoms with E-state index >= 15 is 0 Å². The molecule has 3 atom stereocenters. The van der Waals surface area contributed by atoms with Gasteiger partial charge < -0.3 is 122 Å². The summed E-state index contributed by atoms with van der Waals surface area (Å²) in [6, 6.07) is 35.2. The van der Waals surface area contributed by atoms with Gasteiger partial charge in [-0.1, -0.05) is 88.0 Å². The van der Waals surface area contributed by atoms with Gasteiger partial charge in [0.25, 0.3) is 0 Å². The van der Waals surface area contributed by atoms with Gasteiger partial charge in [0, 0.05) is 67.6 Å². The number of aryl methyl sites for hydroxylation is 3. The monoisotopic (exact) mass is 2060 g/mol. The number of phenols is 4.